The Hall–Kier alpha value is -4.90. The van der Waals surface area contributed by atoms with Crippen molar-refractivity contribution in [2.24, 2.45) is 7.05 Å². The molecule has 1 amide bonds. The molecule has 8 rings (SSSR count). The number of carbonyl (C=O) groups excluding carboxylic acids is 1. The summed E-state index contributed by atoms with van der Waals surface area (Å²) in [5.41, 5.74) is 5.15. The first-order valence-corrected chi connectivity index (χ1v) is 15.8. The minimum absolute atomic E-state index is 0.126. The van der Waals surface area contributed by atoms with Gasteiger partial charge in [0.1, 0.15) is 28.8 Å². The molecule has 8 nitrogen and oxygen atoms in total. The summed E-state index contributed by atoms with van der Waals surface area (Å²) in [4.78, 5) is 20.0. The summed E-state index contributed by atoms with van der Waals surface area (Å²) in [6.07, 6.45) is 5.22. The summed E-state index contributed by atoms with van der Waals surface area (Å²) in [7, 11) is 1.90. The van der Waals surface area contributed by atoms with Gasteiger partial charge >= 0.3 is 0 Å². The third kappa shape index (κ3) is 4.44. The van der Waals surface area contributed by atoms with Gasteiger partial charge in [0.05, 0.1) is 47.9 Å². The molecule has 0 fully saturated rings. The molecular weight excluding hydrogens is 594 g/mol. The Bertz CT molecular complexity index is 2170. The van der Waals surface area contributed by atoms with Gasteiger partial charge in [-0.05, 0) is 55.0 Å². The molecule has 0 radical (unpaired) electrons. The van der Waals surface area contributed by atoms with E-state index >= 15 is 4.39 Å². The maximum atomic E-state index is 16.0. The van der Waals surface area contributed by atoms with Gasteiger partial charge in [0.2, 0.25) is 5.91 Å². The summed E-state index contributed by atoms with van der Waals surface area (Å²) in [6.45, 7) is 4.98. The van der Waals surface area contributed by atoms with E-state index in [1.807, 2.05) is 63.2 Å². The number of rotatable bonds is 2. The summed E-state index contributed by atoms with van der Waals surface area (Å²) in [5, 5.41) is 13.2. The van der Waals surface area contributed by atoms with Gasteiger partial charge in [0.25, 0.3) is 0 Å². The highest BCUT2D eigenvalue weighted by atomic mass is 32.1. The molecule has 0 saturated heterocycles. The Kier molecular flexibility index (Phi) is 6.52. The topological polar surface area (TPSA) is 78.1 Å². The Labute approximate surface area is 261 Å². The molecule has 0 spiro atoms. The highest BCUT2D eigenvalue weighted by Crippen LogP contribution is 2.48. The first-order chi connectivity index (χ1) is 21.9. The van der Waals surface area contributed by atoms with Crippen LogP contribution in [0.15, 0.2) is 66.7 Å². The van der Waals surface area contributed by atoms with Crippen LogP contribution in [0.5, 0.6) is 5.75 Å². The lowest BCUT2D eigenvalue weighted by Gasteiger charge is -2.35. The molecule has 6 heterocycles. The molecular formula is C34H28F2N6O2S. The van der Waals surface area contributed by atoms with E-state index in [2.05, 4.69) is 11.7 Å². The van der Waals surface area contributed by atoms with Crippen LogP contribution in [-0.4, -0.2) is 48.5 Å². The molecule has 0 N–H and O–H groups in total. The molecule has 4 aromatic heterocycles. The van der Waals surface area contributed by atoms with Gasteiger partial charge in [-0.25, -0.2) is 13.8 Å². The van der Waals surface area contributed by atoms with E-state index in [9.17, 15) is 9.18 Å². The van der Waals surface area contributed by atoms with Crippen molar-refractivity contribution in [2.45, 2.75) is 31.8 Å². The molecule has 2 aliphatic rings. The molecule has 2 aromatic carbocycles. The lowest BCUT2D eigenvalue weighted by Crippen LogP contribution is -2.41. The molecule has 2 bridgehead atoms. The van der Waals surface area contributed by atoms with Crippen LogP contribution in [-0.2, 0) is 18.4 Å². The molecule has 1 atom stereocenters. The van der Waals surface area contributed by atoms with E-state index in [0.717, 1.165) is 50.4 Å². The molecule has 2 aliphatic heterocycles. The van der Waals surface area contributed by atoms with Crippen LogP contribution >= 0.6 is 11.3 Å². The zero-order chi connectivity index (χ0) is 30.8. The standard InChI is InChI=1S/C34H28F2N6O2S/c1-3-29(43)41-10-11-42-27-17-24(39-42)33-31(30-23(36)15-21(35)16-28(30)44-12-5-4-6-26(27)41)34-22(9-13-45-34)32(38-33)19-7-8-25-20(14-19)18-37-40(25)2/h3,7-9,13-18,26H,1,4-6,10-12H2,2H3/t26-/m0/s1. The minimum atomic E-state index is -0.730. The predicted molar refractivity (Wildman–Crippen MR) is 170 cm³/mol. The smallest absolute Gasteiger partial charge is 0.246 e. The number of amides is 1. The number of hydrogen-bond donors (Lipinski definition) is 0. The van der Waals surface area contributed by atoms with Gasteiger partial charge in [0.15, 0.2) is 0 Å². The fourth-order valence-corrected chi connectivity index (χ4v) is 7.65. The molecule has 0 saturated carbocycles. The Morgan fingerprint density at radius 2 is 1.98 bits per heavy atom. The second-order valence-corrected chi connectivity index (χ2v) is 12.3. The first-order valence-electron chi connectivity index (χ1n) is 14.9. The minimum Gasteiger partial charge on any atom is -0.493 e. The molecule has 0 unspecified atom stereocenters. The predicted octanol–water partition coefficient (Wildman–Crippen LogP) is 7.29. The lowest BCUT2D eigenvalue weighted by atomic mass is 9.96. The fourth-order valence-electron chi connectivity index (χ4n) is 6.70. The van der Waals surface area contributed by atoms with Crippen LogP contribution in [0.1, 0.15) is 31.0 Å². The zero-order valence-corrected chi connectivity index (χ0v) is 25.3. The number of carbonyl (C=O) groups is 1. The monoisotopic (exact) mass is 622 g/mol. The maximum absolute atomic E-state index is 16.0. The average molecular weight is 623 g/mol. The van der Waals surface area contributed by atoms with E-state index in [1.165, 1.54) is 23.5 Å². The molecule has 226 valence electrons. The number of halogens is 2. The van der Waals surface area contributed by atoms with Crippen molar-refractivity contribution in [3.05, 3.63) is 84.0 Å². The van der Waals surface area contributed by atoms with Crippen molar-refractivity contribution >= 4 is 38.2 Å². The normalized spacial score (nSPS) is 16.3. The van der Waals surface area contributed by atoms with Crippen molar-refractivity contribution < 1.29 is 18.3 Å². The molecule has 11 heteroatoms. The summed E-state index contributed by atoms with van der Waals surface area (Å²) >= 11 is 1.46. The van der Waals surface area contributed by atoms with Crippen molar-refractivity contribution in [1.82, 2.24) is 29.4 Å². The zero-order valence-electron chi connectivity index (χ0n) is 24.5. The van der Waals surface area contributed by atoms with E-state index in [1.54, 1.807) is 0 Å². The molecule has 45 heavy (non-hydrogen) atoms. The van der Waals surface area contributed by atoms with E-state index in [0.29, 0.717) is 42.9 Å². The van der Waals surface area contributed by atoms with Crippen LogP contribution in [0.4, 0.5) is 8.78 Å². The van der Waals surface area contributed by atoms with Gasteiger partial charge in [0, 0.05) is 52.3 Å². The number of aryl methyl sites for hydroxylation is 1. The first kappa shape index (κ1) is 27.6. The number of fused-ring (bicyclic) bond motifs is 8. The number of hydrogen-bond acceptors (Lipinski definition) is 6. The largest absolute Gasteiger partial charge is 0.493 e. The van der Waals surface area contributed by atoms with Crippen molar-refractivity contribution in [2.75, 3.05) is 13.2 Å². The number of nitrogens with zero attached hydrogens (tertiary/aromatic N) is 6. The summed E-state index contributed by atoms with van der Waals surface area (Å²) in [6, 6.07) is 11.9. The number of benzene rings is 2. The van der Waals surface area contributed by atoms with E-state index in [4.69, 9.17) is 14.8 Å². The second-order valence-electron chi connectivity index (χ2n) is 11.4. The Morgan fingerprint density at radius 3 is 2.84 bits per heavy atom. The Balaban J connectivity index is 1.43. The lowest BCUT2D eigenvalue weighted by molar-refractivity contribution is -0.129. The molecule has 6 aromatic rings. The average Bonchev–Trinajstić information content (AvgIpc) is 3.78. The van der Waals surface area contributed by atoms with Crippen LogP contribution in [0.2, 0.25) is 0 Å². The van der Waals surface area contributed by atoms with Gasteiger partial charge in [-0.2, -0.15) is 10.2 Å². The van der Waals surface area contributed by atoms with Crippen molar-refractivity contribution in [1.29, 1.82) is 0 Å². The van der Waals surface area contributed by atoms with Crippen molar-refractivity contribution in [3.63, 3.8) is 0 Å². The van der Waals surface area contributed by atoms with Crippen LogP contribution in [0.25, 0.3) is 54.8 Å². The Morgan fingerprint density at radius 1 is 1.09 bits per heavy atom. The SMILES string of the molecule is C=CC(=O)N1CCn2nc3cc2[C@@H]1CCCCOc1cc(F)cc(F)c1-c1c-3nc(-c2ccc3c(cnn3C)c2)c2ccsc12. The fraction of sp³-hybridized carbons (Fsp3) is 0.235. The third-order valence-corrected chi connectivity index (χ3v) is 9.74. The van der Waals surface area contributed by atoms with E-state index < -0.39 is 11.6 Å². The third-order valence-electron chi connectivity index (χ3n) is 8.81. The van der Waals surface area contributed by atoms with Crippen LogP contribution < -0.4 is 4.74 Å². The number of aromatic nitrogens is 5. The van der Waals surface area contributed by atoms with Gasteiger partial charge in [-0.3, -0.25) is 14.2 Å². The van der Waals surface area contributed by atoms with Crippen LogP contribution in [0, 0.1) is 11.6 Å². The molecule has 0 aliphatic carbocycles. The van der Waals surface area contributed by atoms with Gasteiger partial charge in [-0.15, -0.1) is 11.3 Å². The van der Waals surface area contributed by atoms with Gasteiger partial charge in [-0.1, -0.05) is 12.6 Å². The highest BCUT2D eigenvalue weighted by molar-refractivity contribution is 7.18. The van der Waals surface area contributed by atoms with E-state index in [-0.39, 0.29) is 29.9 Å². The summed E-state index contributed by atoms with van der Waals surface area (Å²) < 4.78 is 41.3. The van der Waals surface area contributed by atoms with Crippen molar-refractivity contribution in [3.8, 4) is 39.5 Å². The number of thiophene rings is 1. The highest BCUT2D eigenvalue weighted by Gasteiger charge is 2.33. The maximum Gasteiger partial charge on any atom is 0.246 e. The second kappa shape index (κ2) is 10.6. The summed E-state index contributed by atoms with van der Waals surface area (Å²) in [5.74, 6) is -1.45. The number of ether oxygens (including phenoxy) is 1. The quantitative estimate of drug-likeness (QED) is 0.190. The van der Waals surface area contributed by atoms with Gasteiger partial charge < -0.3 is 9.64 Å². The van der Waals surface area contributed by atoms with Crippen LogP contribution in [0.3, 0.4) is 0 Å². The number of pyridine rings is 1.